The number of hydrogen-bond acceptors (Lipinski definition) is 1. The number of alkyl halides is 3. The van der Waals surface area contributed by atoms with Crippen molar-refractivity contribution < 1.29 is 13.2 Å². The van der Waals surface area contributed by atoms with Crippen molar-refractivity contribution in [2.24, 2.45) is 0 Å². The maximum Gasteiger partial charge on any atom is 0.264 e. The van der Waals surface area contributed by atoms with Crippen LogP contribution in [0.2, 0.25) is 0 Å². The van der Waals surface area contributed by atoms with Gasteiger partial charge in [-0.1, -0.05) is 0 Å². The van der Waals surface area contributed by atoms with Gasteiger partial charge in [-0.2, -0.15) is 4.39 Å². The average Bonchev–Trinajstić information content (AvgIpc) is 2.02. The maximum atomic E-state index is 12.6. The van der Waals surface area contributed by atoms with Gasteiger partial charge in [0.2, 0.25) is 5.95 Å². The van der Waals surface area contributed by atoms with Gasteiger partial charge < -0.3 is 0 Å². The molecular weight excluding hydrogens is 317 g/mol. The van der Waals surface area contributed by atoms with E-state index in [1.807, 2.05) is 0 Å². The smallest absolute Gasteiger partial charge is 0.213 e. The van der Waals surface area contributed by atoms with E-state index in [2.05, 4.69) is 4.98 Å². The van der Waals surface area contributed by atoms with Gasteiger partial charge in [0, 0.05) is 17.2 Å². The second-order valence-corrected chi connectivity index (χ2v) is 3.53. The van der Waals surface area contributed by atoms with Crippen LogP contribution in [0.3, 0.4) is 0 Å². The minimum Gasteiger partial charge on any atom is -0.213 e. The predicted octanol–water partition coefficient (Wildman–Crippen LogP) is 3.50. The SMILES string of the molecule is Fc1cc(C(F)F)c(CCl)c(I)n1. The monoisotopic (exact) mass is 321 g/mol. The van der Waals surface area contributed by atoms with Crippen LogP contribution in [0.4, 0.5) is 13.2 Å². The van der Waals surface area contributed by atoms with E-state index in [9.17, 15) is 13.2 Å². The molecule has 0 fully saturated rings. The molecule has 1 nitrogen and oxygen atoms in total. The Balaban J connectivity index is 3.29. The normalized spacial score (nSPS) is 10.9. The first-order valence-corrected chi connectivity index (χ1v) is 4.86. The van der Waals surface area contributed by atoms with Crippen molar-refractivity contribution in [2.75, 3.05) is 0 Å². The highest BCUT2D eigenvalue weighted by Gasteiger charge is 2.17. The van der Waals surface area contributed by atoms with Gasteiger partial charge in [0.25, 0.3) is 6.43 Å². The Morgan fingerprint density at radius 1 is 1.54 bits per heavy atom. The molecule has 13 heavy (non-hydrogen) atoms. The van der Waals surface area contributed by atoms with Crippen molar-refractivity contribution in [3.8, 4) is 0 Å². The summed E-state index contributed by atoms with van der Waals surface area (Å²) in [6.07, 6.45) is -2.72. The minimum atomic E-state index is -2.72. The molecule has 0 spiro atoms. The fourth-order valence-corrected chi connectivity index (χ4v) is 2.09. The van der Waals surface area contributed by atoms with Gasteiger partial charge in [-0.3, -0.25) is 0 Å². The average molecular weight is 321 g/mol. The lowest BCUT2D eigenvalue weighted by Gasteiger charge is -2.07. The van der Waals surface area contributed by atoms with E-state index in [-0.39, 0.29) is 20.7 Å². The molecule has 0 N–H and O–H groups in total. The summed E-state index contributed by atoms with van der Waals surface area (Å²) in [5.74, 6) is -1.00. The molecule has 0 amide bonds. The van der Waals surface area contributed by atoms with Gasteiger partial charge >= 0.3 is 0 Å². The molecule has 0 atom stereocenters. The molecule has 1 heterocycles. The van der Waals surface area contributed by atoms with Crippen LogP contribution in [0.15, 0.2) is 6.07 Å². The molecule has 0 aliphatic rings. The Morgan fingerprint density at radius 3 is 2.62 bits per heavy atom. The molecule has 72 valence electrons. The molecule has 1 aromatic rings. The van der Waals surface area contributed by atoms with Crippen LogP contribution in [-0.2, 0) is 5.88 Å². The Hall–Kier alpha value is -0.0400. The van der Waals surface area contributed by atoms with Gasteiger partial charge in [-0.25, -0.2) is 13.8 Å². The molecular formula is C7H4ClF3IN. The van der Waals surface area contributed by atoms with E-state index in [0.717, 1.165) is 0 Å². The van der Waals surface area contributed by atoms with Crippen LogP contribution in [0, 0.1) is 9.65 Å². The van der Waals surface area contributed by atoms with Crippen molar-refractivity contribution >= 4 is 34.2 Å². The first kappa shape index (κ1) is 11.0. The third-order valence-electron chi connectivity index (χ3n) is 1.45. The van der Waals surface area contributed by atoms with Crippen LogP contribution in [0.5, 0.6) is 0 Å². The number of rotatable bonds is 2. The number of pyridine rings is 1. The second kappa shape index (κ2) is 4.45. The summed E-state index contributed by atoms with van der Waals surface area (Å²) in [7, 11) is 0. The summed E-state index contributed by atoms with van der Waals surface area (Å²) in [4.78, 5) is 3.39. The van der Waals surface area contributed by atoms with Crippen LogP contribution in [-0.4, -0.2) is 4.98 Å². The highest BCUT2D eigenvalue weighted by atomic mass is 127. The zero-order valence-electron chi connectivity index (χ0n) is 6.20. The molecule has 0 unspecified atom stereocenters. The predicted molar refractivity (Wildman–Crippen MR) is 51.4 cm³/mol. The number of halogens is 5. The van der Waals surface area contributed by atoms with E-state index < -0.39 is 12.4 Å². The molecule has 0 saturated carbocycles. The maximum absolute atomic E-state index is 12.6. The van der Waals surface area contributed by atoms with Gasteiger partial charge in [-0.05, 0) is 22.6 Å². The first-order chi connectivity index (χ1) is 6.06. The molecule has 0 saturated heterocycles. The van der Waals surface area contributed by atoms with Gasteiger partial charge in [0.1, 0.15) is 3.70 Å². The fourth-order valence-electron chi connectivity index (χ4n) is 0.855. The molecule has 0 aliphatic carbocycles. The van der Waals surface area contributed by atoms with Crippen LogP contribution < -0.4 is 0 Å². The summed E-state index contributed by atoms with van der Waals surface area (Å²) in [5.41, 5.74) is -0.189. The van der Waals surface area contributed by atoms with Crippen LogP contribution >= 0.6 is 34.2 Å². The zero-order valence-corrected chi connectivity index (χ0v) is 9.11. The Labute approximate surface area is 91.4 Å². The second-order valence-electron chi connectivity index (χ2n) is 2.24. The van der Waals surface area contributed by atoms with Crippen molar-refractivity contribution in [3.05, 3.63) is 26.8 Å². The lowest BCUT2D eigenvalue weighted by Crippen LogP contribution is -2.00. The van der Waals surface area contributed by atoms with Gasteiger partial charge in [0.15, 0.2) is 0 Å². The largest absolute Gasteiger partial charge is 0.264 e. The van der Waals surface area contributed by atoms with E-state index in [4.69, 9.17) is 11.6 Å². The summed E-state index contributed by atoms with van der Waals surface area (Å²) < 4.78 is 37.4. The number of hydrogen-bond donors (Lipinski definition) is 0. The lowest BCUT2D eigenvalue weighted by atomic mass is 10.2. The molecule has 0 bridgehead atoms. The first-order valence-electron chi connectivity index (χ1n) is 3.25. The third-order valence-corrected chi connectivity index (χ3v) is 2.61. The van der Waals surface area contributed by atoms with Crippen LogP contribution in [0.1, 0.15) is 17.6 Å². The van der Waals surface area contributed by atoms with Crippen molar-refractivity contribution in [1.29, 1.82) is 0 Å². The van der Waals surface area contributed by atoms with E-state index in [1.165, 1.54) is 0 Å². The van der Waals surface area contributed by atoms with Gasteiger partial charge in [-0.15, -0.1) is 11.6 Å². The number of aromatic nitrogens is 1. The summed E-state index contributed by atoms with van der Waals surface area (Å²) >= 11 is 7.11. The summed E-state index contributed by atoms with van der Waals surface area (Å²) in [5, 5.41) is 0. The zero-order chi connectivity index (χ0) is 10.0. The molecule has 1 rings (SSSR count). The Kier molecular flexibility index (Phi) is 3.78. The standard InChI is InChI=1S/C7H4ClF3IN/c8-2-4-3(6(10)11)1-5(9)13-7(4)12/h1,6H,2H2. The molecule has 0 aromatic carbocycles. The highest BCUT2D eigenvalue weighted by Crippen LogP contribution is 2.27. The highest BCUT2D eigenvalue weighted by molar-refractivity contribution is 14.1. The van der Waals surface area contributed by atoms with E-state index in [0.29, 0.717) is 6.07 Å². The van der Waals surface area contributed by atoms with Crippen molar-refractivity contribution in [3.63, 3.8) is 0 Å². The topological polar surface area (TPSA) is 12.9 Å². The fraction of sp³-hybridized carbons (Fsp3) is 0.286. The molecule has 6 heteroatoms. The van der Waals surface area contributed by atoms with E-state index in [1.54, 1.807) is 22.6 Å². The molecule has 0 aliphatic heterocycles. The van der Waals surface area contributed by atoms with E-state index >= 15 is 0 Å². The molecule has 0 radical (unpaired) electrons. The van der Waals surface area contributed by atoms with Crippen LogP contribution in [0.25, 0.3) is 0 Å². The Morgan fingerprint density at radius 2 is 2.15 bits per heavy atom. The summed E-state index contributed by atoms with van der Waals surface area (Å²) in [6, 6.07) is 0.713. The van der Waals surface area contributed by atoms with Crippen molar-refractivity contribution in [1.82, 2.24) is 4.98 Å². The van der Waals surface area contributed by atoms with Gasteiger partial charge in [0.05, 0.1) is 5.88 Å². The Bertz CT molecular complexity index is 319. The van der Waals surface area contributed by atoms with Crippen molar-refractivity contribution in [2.45, 2.75) is 12.3 Å². The minimum absolute atomic E-state index is 0.0920. The third kappa shape index (κ3) is 2.46. The number of nitrogens with zero attached hydrogens (tertiary/aromatic N) is 1. The summed E-state index contributed by atoms with van der Waals surface area (Å²) in [6.45, 7) is 0. The lowest BCUT2D eigenvalue weighted by molar-refractivity contribution is 0.149. The molecule has 1 aromatic heterocycles. The quantitative estimate of drug-likeness (QED) is 0.461.